The summed E-state index contributed by atoms with van der Waals surface area (Å²) in [5.41, 5.74) is 0.866. The van der Waals surface area contributed by atoms with E-state index >= 15 is 0 Å². The number of anilines is 1. The highest BCUT2D eigenvalue weighted by Gasteiger charge is 2.15. The molecule has 0 bridgehead atoms. The zero-order valence-electron chi connectivity index (χ0n) is 16.4. The van der Waals surface area contributed by atoms with Crippen LogP contribution in [0.4, 0.5) is 5.69 Å². The fourth-order valence-corrected chi connectivity index (χ4v) is 2.96. The Balaban J connectivity index is 1.70. The molecule has 150 valence electrons. The highest BCUT2D eigenvalue weighted by atomic mass is 16.4. The summed E-state index contributed by atoms with van der Waals surface area (Å²) in [7, 11) is 0. The summed E-state index contributed by atoms with van der Waals surface area (Å²) in [4.78, 5) is 38.5. The molecule has 0 radical (unpaired) electrons. The van der Waals surface area contributed by atoms with Gasteiger partial charge in [-0.2, -0.15) is 0 Å². The van der Waals surface area contributed by atoms with Gasteiger partial charge in [-0.05, 0) is 50.2 Å². The molecule has 2 heterocycles. The summed E-state index contributed by atoms with van der Waals surface area (Å²) < 4.78 is 7.07. The van der Waals surface area contributed by atoms with Crippen LogP contribution in [0.15, 0.2) is 70.0 Å². The van der Waals surface area contributed by atoms with Crippen molar-refractivity contribution in [1.29, 1.82) is 0 Å². The van der Waals surface area contributed by atoms with Crippen LogP contribution in [-0.2, 0) is 6.54 Å². The second kappa shape index (κ2) is 9.05. The third-order valence-electron chi connectivity index (χ3n) is 4.53. The van der Waals surface area contributed by atoms with Gasteiger partial charge in [-0.15, -0.1) is 0 Å². The number of carbonyl (C=O) groups excluding carboxylic acids is 2. The summed E-state index contributed by atoms with van der Waals surface area (Å²) in [6.45, 7) is 5.31. The standard InChI is InChI=1S/C22H23N3O4/c1-3-24(4-2)22(28)16-8-7-9-17(14-16)23-21(27)19-12-11-18(29-19)15-25-13-6-5-10-20(25)26/h5-14H,3-4,15H2,1-2H3,(H,23,27). The number of carbonyl (C=O) groups is 2. The van der Waals surface area contributed by atoms with Crippen molar-refractivity contribution in [3.63, 3.8) is 0 Å². The van der Waals surface area contributed by atoms with Gasteiger partial charge in [-0.3, -0.25) is 14.4 Å². The highest BCUT2D eigenvalue weighted by molar-refractivity contribution is 6.03. The van der Waals surface area contributed by atoms with Gasteiger partial charge < -0.3 is 19.2 Å². The molecule has 0 saturated heterocycles. The van der Waals surface area contributed by atoms with Gasteiger partial charge in [0.2, 0.25) is 0 Å². The number of aromatic nitrogens is 1. The first-order valence-electron chi connectivity index (χ1n) is 9.46. The maximum Gasteiger partial charge on any atom is 0.291 e. The molecule has 0 unspecified atom stereocenters. The van der Waals surface area contributed by atoms with E-state index in [2.05, 4.69) is 5.32 Å². The van der Waals surface area contributed by atoms with Crippen LogP contribution in [-0.4, -0.2) is 34.4 Å². The van der Waals surface area contributed by atoms with Crippen molar-refractivity contribution in [1.82, 2.24) is 9.47 Å². The van der Waals surface area contributed by atoms with Crippen molar-refractivity contribution in [2.75, 3.05) is 18.4 Å². The third kappa shape index (κ3) is 4.82. The Hall–Kier alpha value is -3.61. The Labute approximate surface area is 168 Å². The lowest BCUT2D eigenvalue weighted by Gasteiger charge is -2.18. The maximum atomic E-state index is 12.5. The highest BCUT2D eigenvalue weighted by Crippen LogP contribution is 2.16. The topological polar surface area (TPSA) is 84.5 Å². The first-order chi connectivity index (χ1) is 14.0. The van der Waals surface area contributed by atoms with Crippen molar-refractivity contribution in [2.45, 2.75) is 20.4 Å². The Morgan fingerprint density at radius 1 is 1.03 bits per heavy atom. The van der Waals surface area contributed by atoms with E-state index in [1.165, 1.54) is 10.6 Å². The molecule has 2 aromatic heterocycles. The molecular formula is C22H23N3O4. The molecule has 0 spiro atoms. The second-order valence-corrected chi connectivity index (χ2v) is 6.45. The molecule has 0 saturated carbocycles. The largest absolute Gasteiger partial charge is 0.454 e. The minimum Gasteiger partial charge on any atom is -0.454 e. The second-order valence-electron chi connectivity index (χ2n) is 6.45. The van der Waals surface area contributed by atoms with Crippen LogP contribution in [0.25, 0.3) is 0 Å². The molecular weight excluding hydrogens is 370 g/mol. The van der Waals surface area contributed by atoms with E-state index in [1.807, 2.05) is 13.8 Å². The van der Waals surface area contributed by atoms with Gasteiger partial charge in [0.25, 0.3) is 17.4 Å². The van der Waals surface area contributed by atoms with Crippen LogP contribution in [0, 0.1) is 0 Å². The quantitative estimate of drug-likeness (QED) is 0.668. The summed E-state index contributed by atoms with van der Waals surface area (Å²) in [6, 6.07) is 14.9. The Kier molecular flexibility index (Phi) is 6.29. The van der Waals surface area contributed by atoms with Crippen LogP contribution < -0.4 is 10.9 Å². The normalized spacial score (nSPS) is 10.6. The number of amides is 2. The molecule has 0 aliphatic carbocycles. The number of furan rings is 1. The number of hydrogen-bond acceptors (Lipinski definition) is 4. The lowest BCUT2D eigenvalue weighted by Crippen LogP contribution is -2.30. The van der Waals surface area contributed by atoms with Gasteiger partial charge in [0.05, 0.1) is 6.54 Å². The third-order valence-corrected chi connectivity index (χ3v) is 4.53. The average Bonchev–Trinajstić information content (AvgIpc) is 3.19. The predicted octanol–water partition coefficient (Wildman–Crippen LogP) is 3.22. The van der Waals surface area contributed by atoms with E-state index in [0.29, 0.717) is 30.1 Å². The number of pyridine rings is 1. The Morgan fingerprint density at radius 3 is 2.55 bits per heavy atom. The van der Waals surface area contributed by atoms with Crippen LogP contribution in [0.3, 0.4) is 0 Å². The monoisotopic (exact) mass is 393 g/mol. The van der Waals surface area contributed by atoms with Gasteiger partial charge in [-0.1, -0.05) is 12.1 Å². The minimum absolute atomic E-state index is 0.0836. The van der Waals surface area contributed by atoms with E-state index in [4.69, 9.17) is 4.42 Å². The molecule has 0 fully saturated rings. The molecule has 3 rings (SSSR count). The first-order valence-corrected chi connectivity index (χ1v) is 9.46. The summed E-state index contributed by atoms with van der Waals surface area (Å²) >= 11 is 0. The first kappa shape index (κ1) is 20.1. The fraction of sp³-hybridized carbons (Fsp3) is 0.227. The molecule has 7 heteroatoms. The van der Waals surface area contributed by atoms with E-state index in [9.17, 15) is 14.4 Å². The molecule has 0 aliphatic heterocycles. The SMILES string of the molecule is CCN(CC)C(=O)c1cccc(NC(=O)c2ccc(Cn3ccccc3=O)o2)c1. The lowest BCUT2D eigenvalue weighted by molar-refractivity contribution is 0.0772. The molecule has 29 heavy (non-hydrogen) atoms. The molecule has 1 N–H and O–H groups in total. The Morgan fingerprint density at radius 2 is 1.83 bits per heavy atom. The molecule has 0 aliphatic rings. The lowest BCUT2D eigenvalue weighted by atomic mass is 10.1. The van der Waals surface area contributed by atoms with E-state index in [-0.39, 0.29) is 23.8 Å². The number of nitrogens with one attached hydrogen (secondary N) is 1. The smallest absolute Gasteiger partial charge is 0.291 e. The number of nitrogens with zero attached hydrogens (tertiary/aromatic N) is 2. The Bertz CT molecular complexity index is 1060. The zero-order chi connectivity index (χ0) is 20.8. The van der Waals surface area contributed by atoms with Gasteiger partial charge in [0, 0.05) is 36.6 Å². The number of benzene rings is 1. The van der Waals surface area contributed by atoms with Crippen molar-refractivity contribution in [3.05, 3.63) is 88.2 Å². The maximum absolute atomic E-state index is 12.5. The van der Waals surface area contributed by atoms with Crippen molar-refractivity contribution in [3.8, 4) is 0 Å². The van der Waals surface area contributed by atoms with Crippen molar-refractivity contribution >= 4 is 17.5 Å². The minimum atomic E-state index is -0.427. The van der Waals surface area contributed by atoms with E-state index < -0.39 is 5.91 Å². The predicted molar refractivity (Wildman–Crippen MR) is 110 cm³/mol. The molecule has 1 aromatic carbocycles. The van der Waals surface area contributed by atoms with Gasteiger partial charge >= 0.3 is 0 Å². The van der Waals surface area contributed by atoms with Crippen LogP contribution in [0.5, 0.6) is 0 Å². The number of rotatable bonds is 7. The molecule has 7 nitrogen and oxygen atoms in total. The van der Waals surface area contributed by atoms with E-state index in [0.717, 1.165) is 0 Å². The van der Waals surface area contributed by atoms with Crippen molar-refractivity contribution in [2.24, 2.45) is 0 Å². The molecule has 2 amide bonds. The van der Waals surface area contributed by atoms with Gasteiger partial charge in [0.1, 0.15) is 5.76 Å². The summed E-state index contributed by atoms with van der Waals surface area (Å²) in [5, 5.41) is 2.75. The molecule has 0 atom stereocenters. The van der Waals surface area contributed by atoms with Gasteiger partial charge in [0.15, 0.2) is 5.76 Å². The van der Waals surface area contributed by atoms with E-state index in [1.54, 1.807) is 59.6 Å². The van der Waals surface area contributed by atoms with Crippen LogP contribution in [0.1, 0.15) is 40.5 Å². The summed E-state index contributed by atoms with van der Waals surface area (Å²) in [6.07, 6.45) is 1.66. The van der Waals surface area contributed by atoms with Crippen LogP contribution in [0.2, 0.25) is 0 Å². The summed E-state index contributed by atoms with van der Waals surface area (Å²) in [5.74, 6) is 0.113. The van der Waals surface area contributed by atoms with Gasteiger partial charge in [-0.25, -0.2) is 0 Å². The van der Waals surface area contributed by atoms with Crippen molar-refractivity contribution < 1.29 is 14.0 Å². The van der Waals surface area contributed by atoms with Crippen LogP contribution >= 0.6 is 0 Å². The fourth-order valence-electron chi connectivity index (χ4n) is 2.96. The molecule has 3 aromatic rings. The zero-order valence-corrected chi connectivity index (χ0v) is 16.4. The number of hydrogen-bond donors (Lipinski definition) is 1. The average molecular weight is 393 g/mol.